The fourth-order valence-corrected chi connectivity index (χ4v) is 2.05. The molecule has 108 valence electrons. The topological polar surface area (TPSA) is 69.6 Å². The van der Waals surface area contributed by atoms with E-state index in [9.17, 15) is 9.59 Å². The van der Waals surface area contributed by atoms with Crippen LogP contribution in [0.3, 0.4) is 0 Å². The number of rotatable bonds is 6. The Morgan fingerprint density at radius 1 is 1.30 bits per heavy atom. The Bertz CT molecular complexity index is 480. The summed E-state index contributed by atoms with van der Waals surface area (Å²) >= 11 is 0. The molecule has 0 saturated heterocycles. The highest BCUT2D eigenvalue weighted by Crippen LogP contribution is 2.29. The number of carboxylic acid groups (broad SMARTS) is 1. The summed E-state index contributed by atoms with van der Waals surface area (Å²) in [4.78, 5) is 24.5. The van der Waals surface area contributed by atoms with E-state index in [1.165, 1.54) is 12.8 Å². The van der Waals surface area contributed by atoms with Gasteiger partial charge in [-0.1, -0.05) is 12.1 Å². The number of amides is 2. The predicted molar refractivity (Wildman–Crippen MR) is 76.8 cm³/mol. The third kappa shape index (κ3) is 4.26. The Balaban J connectivity index is 1.90. The fourth-order valence-electron chi connectivity index (χ4n) is 2.05. The molecule has 0 aromatic heterocycles. The van der Waals surface area contributed by atoms with Crippen molar-refractivity contribution in [2.24, 2.45) is 5.92 Å². The lowest BCUT2D eigenvalue weighted by Gasteiger charge is -2.21. The Morgan fingerprint density at radius 2 is 1.95 bits per heavy atom. The molecule has 0 unspecified atom stereocenters. The molecule has 5 nitrogen and oxygen atoms in total. The second-order valence-electron chi connectivity index (χ2n) is 5.18. The summed E-state index contributed by atoms with van der Waals surface area (Å²) < 4.78 is 0. The molecule has 0 radical (unpaired) electrons. The van der Waals surface area contributed by atoms with Gasteiger partial charge in [0.2, 0.25) is 0 Å². The number of benzene rings is 1. The summed E-state index contributed by atoms with van der Waals surface area (Å²) in [7, 11) is 0. The van der Waals surface area contributed by atoms with Gasteiger partial charge < -0.3 is 15.3 Å². The van der Waals surface area contributed by atoms with Crippen LogP contribution in [0.4, 0.5) is 10.5 Å². The summed E-state index contributed by atoms with van der Waals surface area (Å²) in [5.41, 5.74) is 1.42. The maximum absolute atomic E-state index is 12.1. The van der Waals surface area contributed by atoms with Crippen LogP contribution in [-0.2, 0) is 11.2 Å². The van der Waals surface area contributed by atoms with Crippen molar-refractivity contribution >= 4 is 17.7 Å². The molecule has 2 amide bonds. The molecule has 20 heavy (non-hydrogen) atoms. The van der Waals surface area contributed by atoms with Gasteiger partial charge in [-0.15, -0.1) is 0 Å². The molecule has 0 atom stereocenters. The molecule has 0 spiro atoms. The van der Waals surface area contributed by atoms with Crippen molar-refractivity contribution in [2.45, 2.75) is 26.2 Å². The molecule has 0 aliphatic heterocycles. The first kappa shape index (κ1) is 14.4. The number of nitrogens with zero attached hydrogens (tertiary/aromatic N) is 1. The normalized spacial score (nSPS) is 13.8. The Hall–Kier alpha value is -2.04. The van der Waals surface area contributed by atoms with E-state index in [0.717, 1.165) is 12.1 Å². The minimum absolute atomic E-state index is 0.00298. The van der Waals surface area contributed by atoms with Crippen LogP contribution in [0.1, 0.15) is 25.3 Å². The molecule has 5 heteroatoms. The standard InChI is InChI=1S/C15H20N2O3/c1-2-17(10-12-3-4-12)15(20)16-13-7-5-11(6-8-13)9-14(18)19/h5-8,12H,2-4,9-10H2,1H3,(H,16,20)(H,18,19). The highest BCUT2D eigenvalue weighted by molar-refractivity contribution is 5.89. The lowest BCUT2D eigenvalue weighted by atomic mass is 10.1. The largest absolute Gasteiger partial charge is 0.481 e. The summed E-state index contributed by atoms with van der Waals surface area (Å²) in [5, 5.41) is 11.5. The Labute approximate surface area is 118 Å². The molecular formula is C15H20N2O3. The van der Waals surface area contributed by atoms with Gasteiger partial charge >= 0.3 is 12.0 Å². The molecule has 1 fully saturated rings. The number of urea groups is 1. The zero-order valence-electron chi connectivity index (χ0n) is 11.6. The lowest BCUT2D eigenvalue weighted by molar-refractivity contribution is -0.136. The van der Waals surface area contributed by atoms with Crippen molar-refractivity contribution in [3.8, 4) is 0 Å². The molecule has 2 rings (SSSR count). The fraction of sp³-hybridized carbons (Fsp3) is 0.467. The van der Waals surface area contributed by atoms with E-state index in [4.69, 9.17) is 5.11 Å². The van der Waals surface area contributed by atoms with Crippen LogP contribution in [0.2, 0.25) is 0 Å². The number of nitrogens with one attached hydrogen (secondary N) is 1. The molecule has 1 aliphatic carbocycles. The van der Waals surface area contributed by atoms with Crippen LogP contribution < -0.4 is 5.32 Å². The third-order valence-electron chi connectivity index (χ3n) is 3.40. The van der Waals surface area contributed by atoms with Gasteiger partial charge in [-0.05, 0) is 43.4 Å². The van der Waals surface area contributed by atoms with Crippen LogP contribution >= 0.6 is 0 Å². The number of aliphatic carboxylic acids is 1. The van der Waals surface area contributed by atoms with Gasteiger partial charge in [0.15, 0.2) is 0 Å². The molecule has 2 N–H and O–H groups in total. The number of carboxylic acids is 1. The lowest BCUT2D eigenvalue weighted by Crippen LogP contribution is -2.36. The van der Waals surface area contributed by atoms with Crippen molar-refractivity contribution < 1.29 is 14.7 Å². The number of carbonyl (C=O) groups is 2. The van der Waals surface area contributed by atoms with Crippen molar-refractivity contribution in [2.75, 3.05) is 18.4 Å². The van der Waals surface area contributed by atoms with Crippen LogP contribution in [0.15, 0.2) is 24.3 Å². The first-order valence-electron chi connectivity index (χ1n) is 6.95. The van der Waals surface area contributed by atoms with Crippen molar-refractivity contribution in [3.05, 3.63) is 29.8 Å². The number of anilines is 1. The van der Waals surface area contributed by atoms with E-state index in [1.54, 1.807) is 24.3 Å². The Kier molecular flexibility index (Phi) is 4.61. The van der Waals surface area contributed by atoms with Crippen molar-refractivity contribution in [1.82, 2.24) is 4.90 Å². The van der Waals surface area contributed by atoms with E-state index in [1.807, 2.05) is 11.8 Å². The molecule has 0 heterocycles. The third-order valence-corrected chi connectivity index (χ3v) is 3.40. The van der Waals surface area contributed by atoms with Crippen molar-refractivity contribution in [1.29, 1.82) is 0 Å². The van der Waals surface area contributed by atoms with Crippen LogP contribution in [-0.4, -0.2) is 35.1 Å². The summed E-state index contributed by atoms with van der Waals surface area (Å²) in [5.74, 6) is -0.193. The van der Waals surface area contributed by atoms with Crippen LogP contribution in [0, 0.1) is 5.92 Å². The number of hydrogen-bond acceptors (Lipinski definition) is 2. The minimum atomic E-state index is -0.858. The summed E-state index contributed by atoms with van der Waals surface area (Å²) in [6.45, 7) is 3.48. The predicted octanol–water partition coefficient (Wildman–Crippen LogP) is 2.58. The first-order valence-corrected chi connectivity index (χ1v) is 6.95. The van der Waals surface area contributed by atoms with Gasteiger partial charge in [0.1, 0.15) is 0 Å². The molecule has 1 aromatic rings. The smallest absolute Gasteiger partial charge is 0.321 e. The van der Waals surface area contributed by atoms with E-state index in [2.05, 4.69) is 5.32 Å². The van der Waals surface area contributed by atoms with Crippen molar-refractivity contribution in [3.63, 3.8) is 0 Å². The van der Waals surface area contributed by atoms with E-state index >= 15 is 0 Å². The summed E-state index contributed by atoms with van der Waals surface area (Å²) in [6.07, 6.45) is 2.43. The van der Waals surface area contributed by atoms with E-state index < -0.39 is 5.97 Å². The van der Waals surface area contributed by atoms with Gasteiger partial charge in [0.25, 0.3) is 0 Å². The highest BCUT2D eigenvalue weighted by Gasteiger charge is 2.25. The maximum Gasteiger partial charge on any atom is 0.321 e. The molecule has 1 aromatic carbocycles. The first-order chi connectivity index (χ1) is 9.58. The van der Waals surface area contributed by atoms with Gasteiger partial charge in [0, 0.05) is 18.8 Å². The van der Waals surface area contributed by atoms with E-state index in [0.29, 0.717) is 18.2 Å². The monoisotopic (exact) mass is 276 g/mol. The SMILES string of the molecule is CCN(CC1CC1)C(=O)Nc1ccc(CC(=O)O)cc1. The second kappa shape index (κ2) is 6.41. The molecule has 1 saturated carbocycles. The van der Waals surface area contributed by atoms with Gasteiger partial charge in [-0.25, -0.2) is 4.79 Å². The number of hydrogen-bond donors (Lipinski definition) is 2. The van der Waals surface area contributed by atoms with Gasteiger partial charge in [-0.2, -0.15) is 0 Å². The second-order valence-corrected chi connectivity index (χ2v) is 5.18. The average molecular weight is 276 g/mol. The highest BCUT2D eigenvalue weighted by atomic mass is 16.4. The van der Waals surface area contributed by atoms with E-state index in [-0.39, 0.29) is 12.5 Å². The molecule has 0 bridgehead atoms. The van der Waals surface area contributed by atoms with Crippen LogP contribution in [0.25, 0.3) is 0 Å². The quantitative estimate of drug-likeness (QED) is 0.839. The minimum Gasteiger partial charge on any atom is -0.481 e. The molecular weight excluding hydrogens is 256 g/mol. The zero-order chi connectivity index (χ0) is 14.5. The van der Waals surface area contributed by atoms with Gasteiger partial charge in [-0.3, -0.25) is 4.79 Å². The zero-order valence-corrected chi connectivity index (χ0v) is 11.6. The Morgan fingerprint density at radius 3 is 2.45 bits per heavy atom. The summed E-state index contributed by atoms with van der Waals surface area (Å²) in [6, 6.07) is 6.83. The maximum atomic E-state index is 12.1. The van der Waals surface area contributed by atoms with Crippen LogP contribution in [0.5, 0.6) is 0 Å². The average Bonchev–Trinajstić information content (AvgIpc) is 3.21. The number of carbonyl (C=O) groups excluding carboxylic acids is 1. The van der Waals surface area contributed by atoms with Gasteiger partial charge in [0.05, 0.1) is 6.42 Å². The molecule has 1 aliphatic rings.